The van der Waals surface area contributed by atoms with Gasteiger partial charge in [-0.15, -0.1) is 25.6 Å². The van der Waals surface area contributed by atoms with E-state index in [0.29, 0.717) is 6.54 Å². The quantitative estimate of drug-likeness (QED) is 0.406. The average Bonchev–Trinajstić information content (AvgIpc) is 3.12. The van der Waals surface area contributed by atoms with Gasteiger partial charge in [-0.2, -0.15) is 0 Å². The van der Waals surface area contributed by atoms with Crippen LogP contribution in [0.25, 0.3) is 0 Å². The molecule has 3 rings (SSSR count). The van der Waals surface area contributed by atoms with Crippen molar-refractivity contribution in [2.75, 3.05) is 32.1 Å². The van der Waals surface area contributed by atoms with Crippen molar-refractivity contribution in [2.24, 2.45) is 0 Å². The highest BCUT2D eigenvalue weighted by Gasteiger charge is 2.45. The molecule has 0 bridgehead atoms. The van der Waals surface area contributed by atoms with Gasteiger partial charge in [-0.3, -0.25) is 4.90 Å². The zero-order valence-electron chi connectivity index (χ0n) is 18.9. The van der Waals surface area contributed by atoms with Crippen LogP contribution in [0.3, 0.4) is 0 Å². The largest absolute Gasteiger partial charge is 0.573 e. The number of nitrogens with one attached hydrogen (secondary N) is 2. The number of aliphatic hydroxyl groups excluding tert-OH is 2. The summed E-state index contributed by atoms with van der Waals surface area (Å²) in [5, 5.41) is 25.3. The molecule has 35 heavy (non-hydrogen) atoms. The van der Waals surface area contributed by atoms with Crippen LogP contribution in [0.5, 0.6) is 5.75 Å². The van der Waals surface area contributed by atoms with Gasteiger partial charge in [0.15, 0.2) is 0 Å². The van der Waals surface area contributed by atoms with E-state index in [1.165, 1.54) is 12.1 Å². The topological polar surface area (TPSA) is 103 Å². The highest BCUT2D eigenvalue weighted by Crippen LogP contribution is 2.26. The minimum Gasteiger partial charge on any atom is -0.406 e. The van der Waals surface area contributed by atoms with Crippen LogP contribution in [0.4, 0.5) is 23.7 Å². The third kappa shape index (κ3) is 8.55. The number of anilines is 1. The summed E-state index contributed by atoms with van der Waals surface area (Å²) in [7, 11) is 1.84. The standard InChI is InChI=1S/C23H28F3N3O5.ClH/c1-29(12-11-15-5-3-2-4-6-15)20-18(33-19(14-30)21(20)31)13-27-22(32)28-16-7-9-17(10-8-16)34-23(24,25)26;/h2-10,18-21,30-31H,11-14H2,1H3,(H2,27,28,32);1H/t18-,19+,20+,21-;/m1./s1. The fraction of sp³-hybridized carbons (Fsp3) is 0.435. The number of ether oxygens (including phenoxy) is 2. The molecule has 0 radical (unpaired) electrons. The summed E-state index contributed by atoms with van der Waals surface area (Å²) in [5.74, 6) is -0.400. The third-order valence-corrected chi connectivity index (χ3v) is 5.56. The van der Waals surface area contributed by atoms with Gasteiger partial charge in [0, 0.05) is 18.8 Å². The van der Waals surface area contributed by atoms with Gasteiger partial charge in [-0.1, -0.05) is 30.3 Å². The first-order valence-electron chi connectivity index (χ1n) is 10.8. The molecule has 8 nitrogen and oxygen atoms in total. The van der Waals surface area contributed by atoms with Crippen molar-refractivity contribution in [1.82, 2.24) is 10.2 Å². The van der Waals surface area contributed by atoms with E-state index in [-0.39, 0.29) is 31.2 Å². The smallest absolute Gasteiger partial charge is 0.406 e. The van der Waals surface area contributed by atoms with Gasteiger partial charge < -0.3 is 30.3 Å². The Hall–Kier alpha value is -2.57. The normalized spacial score (nSPS) is 21.9. The molecular formula is C23H29ClF3N3O5. The first kappa shape index (κ1) is 28.7. The van der Waals surface area contributed by atoms with E-state index in [4.69, 9.17) is 4.74 Å². The summed E-state index contributed by atoms with van der Waals surface area (Å²) >= 11 is 0. The highest BCUT2D eigenvalue weighted by atomic mass is 35.5. The Labute approximate surface area is 207 Å². The first-order valence-corrected chi connectivity index (χ1v) is 10.8. The fourth-order valence-corrected chi connectivity index (χ4v) is 3.90. The molecule has 0 saturated carbocycles. The summed E-state index contributed by atoms with van der Waals surface area (Å²) in [6.07, 6.45) is -6.35. The number of benzene rings is 2. The van der Waals surface area contributed by atoms with Crippen molar-refractivity contribution < 1.29 is 37.7 Å². The highest BCUT2D eigenvalue weighted by molar-refractivity contribution is 5.89. The van der Waals surface area contributed by atoms with E-state index in [1.807, 2.05) is 42.3 Å². The van der Waals surface area contributed by atoms with Crippen LogP contribution in [-0.2, 0) is 11.2 Å². The van der Waals surface area contributed by atoms with Crippen LogP contribution in [0.2, 0.25) is 0 Å². The van der Waals surface area contributed by atoms with Crippen LogP contribution in [0.1, 0.15) is 5.56 Å². The van der Waals surface area contributed by atoms with E-state index < -0.39 is 42.5 Å². The van der Waals surface area contributed by atoms with E-state index >= 15 is 0 Å². The fourth-order valence-electron chi connectivity index (χ4n) is 3.90. The molecule has 1 fully saturated rings. The lowest BCUT2D eigenvalue weighted by Gasteiger charge is -2.30. The van der Waals surface area contributed by atoms with Gasteiger partial charge in [0.25, 0.3) is 0 Å². The van der Waals surface area contributed by atoms with Crippen LogP contribution in [0, 0.1) is 0 Å². The molecule has 0 spiro atoms. The lowest BCUT2D eigenvalue weighted by molar-refractivity contribution is -0.274. The number of alkyl halides is 3. The number of carbonyl (C=O) groups excluding carboxylic acids is 1. The maximum absolute atomic E-state index is 12.3. The Morgan fingerprint density at radius 2 is 1.77 bits per heavy atom. The van der Waals surface area contributed by atoms with Gasteiger partial charge in [-0.05, 0) is 43.3 Å². The molecule has 1 aliphatic rings. The molecule has 12 heteroatoms. The monoisotopic (exact) mass is 519 g/mol. The summed E-state index contributed by atoms with van der Waals surface area (Å²) < 4.78 is 46.3. The van der Waals surface area contributed by atoms with Crippen LogP contribution < -0.4 is 15.4 Å². The van der Waals surface area contributed by atoms with Crippen LogP contribution in [-0.4, -0.2) is 78.6 Å². The molecule has 2 aromatic rings. The Morgan fingerprint density at radius 1 is 1.11 bits per heavy atom. The third-order valence-electron chi connectivity index (χ3n) is 5.56. The first-order chi connectivity index (χ1) is 16.2. The molecule has 1 saturated heterocycles. The second-order valence-corrected chi connectivity index (χ2v) is 8.00. The van der Waals surface area contributed by atoms with E-state index in [0.717, 1.165) is 24.1 Å². The Balaban J connectivity index is 0.00000432. The number of nitrogens with zero attached hydrogens (tertiary/aromatic N) is 1. The second kappa shape index (κ2) is 12.9. The molecule has 0 aliphatic carbocycles. The SMILES string of the molecule is CN(CCc1ccccc1)[C@@H]1[C@H](O)[C@H](CO)O[C@@H]1CNC(=O)Nc1ccc(OC(F)(F)F)cc1.Cl. The minimum atomic E-state index is -4.80. The summed E-state index contributed by atoms with van der Waals surface area (Å²) in [6.45, 7) is 0.316. The summed E-state index contributed by atoms with van der Waals surface area (Å²) in [5.41, 5.74) is 1.41. The molecular weight excluding hydrogens is 491 g/mol. The average molecular weight is 520 g/mol. The second-order valence-electron chi connectivity index (χ2n) is 8.00. The summed E-state index contributed by atoms with van der Waals surface area (Å²) in [4.78, 5) is 14.2. The number of hydrogen-bond acceptors (Lipinski definition) is 6. The number of carbonyl (C=O) groups is 1. The predicted molar refractivity (Wildman–Crippen MR) is 126 cm³/mol. The van der Waals surface area contributed by atoms with Crippen LogP contribution in [0.15, 0.2) is 54.6 Å². The molecule has 1 aliphatic heterocycles. The Bertz CT molecular complexity index is 921. The van der Waals surface area contributed by atoms with Crippen molar-refractivity contribution in [3.63, 3.8) is 0 Å². The van der Waals surface area contributed by atoms with Gasteiger partial charge in [0.2, 0.25) is 0 Å². The van der Waals surface area contributed by atoms with Crippen molar-refractivity contribution in [3.05, 3.63) is 60.2 Å². The van der Waals surface area contributed by atoms with Gasteiger partial charge in [0.05, 0.1) is 18.8 Å². The van der Waals surface area contributed by atoms with E-state index in [1.54, 1.807) is 0 Å². The number of hydrogen-bond donors (Lipinski definition) is 4. The van der Waals surface area contributed by atoms with Crippen molar-refractivity contribution >= 4 is 24.1 Å². The zero-order chi connectivity index (χ0) is 24.7. The van der Waals surface area contributed by atoms with E-state index in [2.05, 4.69) is 15.4 Å². The zero-order valence-corrected chi connectivity index (χ0v) is 19.8. The maximum Gasteiger partial charge on any atom is 0.573 e. The van der Waals surface area contributed by atoms with Crippen molar-refractivity contribution in [1.29, 1.82) is 0 Å². The van der Waals surface area contributed by atoms with Gasteiger partial charge in [0.1, 0.15) is 18.0 Å². The molecule has 4 atom stereocenters. The molecule has 2 aromatic carbocycles. The number of rotatable bonds is 9. The number of halogens is 4. The number of urea groups is 1. The van der Waals surface area contributed by atoms with Gasteiger partial charge in [-0.25, -0.2) is 4.79 Å². The summed E-state index contributed by atoms with van der Waals surface area (Å²) in [6, 6.07) is 13.5. The van der Waals surface area contributed by atoms with E-state index in [9.17, 15) is 28.2 Å². The Morgan fingerprint density at radius 3 is 2.37 bits per heavy atom. The minimum absolute atomic E-state index is 0. The lowest BCUT2D eigenvalue weighted by atomic mass is 10.0. The number of amides is 2. The molecule has 4 N–H and O–H groups in total. The number of likely N-dealkylation sites (N-methyl/N-ethyl adjacent to an activating group) is 1. The Kier molecular flexibility index (Phi) is 10.6. The maximum atomic E-state index is 12.3. The molecule has 0 aromatic heterocycles. The van der Waals surface area contributed by atoms with Crippen molar-refractivity contribution in [3.8, 4) is 5.75 Å². The molecule has 2 amide bonds. The molecule has 194 valence electrons. The van der Waals surface area contributed by atoms with Gasteiger partial charge >= 0.3 is 12.4 Å². The molecule has 0 unspecified atom stereocenters. The van der Waals surface area contributed by atoms with Crippen LogP contribution >= 0.6 is 12.4 Å². The molecule has 1 heterocycles. The lowest BCUT2D eigenvalue weighted by Crippen LogP contribution is -2.50. The number of aliphatic hydroxyl groups is 2. The predicted octanol–water partition coefficient (Wildman–Crippen LogP) is 2.79. The van der Waals surface area contributed by atoms with Crippen molar-refractivity contribution in [2.45, 2.75) is 37.1 Å².